The lowest BCUT2D eigenvalue weighted by atomic mass is 9.92. The summed E-state index contributed by atoms with van der Waals surface area (Å²) in [5.41, 5.74) is 6.59. The van der Waals surface area contributed by atoms with Crippen molar-refractivity contribution >= 4 is 5.97 Å². The molecule has 1 aliphatic rings. The Kier molecular flexibility index (Phi) is 9.57. The Bertz CT molecular complexity index is 1060. The molecule has 1 unspecified atom stereocenters. The molecule has 3 aromatic rings. The summed E-state index contributed by atoms with van der Waals surface area (Å²) in [6.45, 7) is 3.33. The first-order chi connectivity index (χ1) is 17.7. The van der Waals surface area contributed by atoms with E-state index in [0.717, 1.165) is 56.3 Å². The van der Waals surface area contributed by atoms with Crippen LogP contribution in [-0.2, 0) is 16.0 Å². The normalized spacial score (nSPS) is 13.2. The van der Waals surface area contributed by atoms with Gasteiger partial charge in [-0.25, -0.2) is 4.79 Å². The highest BCUT2D eigenvalue weighted by molar-refractivity contribution is 5.78. The Morgan fingerprint density at radius 1 is 0.806 bits per heavy atom. The molecule has 4 nitrogen and oxygen atoms in total. The van der Waals surface area contributed by atoms with Gasteiger partial charge in [-0.1, -0.05) is 86.8 Å². The first-order valence-corrected chi connectivity index (χ1v) is 13.4. The van der Waals surface area contributed by atoms with E-state index in [2.05, 4.69) is 55.5 Å². The molecule has 4 rings (SSSR count). The number of carboxylic acids is 1. The van der Waals surface area contributed by atoms with Gasteiger partial charge < -0.3 is 14.6 Å². The highest BCUT2D eigenvalue weighted by Crippen LogP contribution is 2.46. The first-order valence-electron chi connectivity index (χ1n) is 13.4. The van der Waals surface area contributed by atoms with E-state index in [1.807, 2.05) is 24.3 Å². The topological polar surface area (TPSA) is 55.8 Å². The molecule has 0 saturated carbocycles. The molecule has 190 valence electrons. The Morgan fingerprint density at radius 3 is 2.08 bits per heavy atom. The molecular weight excluding hydrogens is 448 g/mol. The second kappa shape index (κ2) is 13.3. The Labute approximate surface area is 215 Å². The molecule has 4 heteroatoms. The number of aliphatic carboxylic acids is 1. The van der Waals surface area contributed by atoms with E-state index in [4.69, 9.17) is 9.47 Å². The van der Waals surface area contributed by atoms with Crippen molar-refractivity contribution in [1.82, 2.24) is 0 Å². The van der Waals surface area contributed by atoms with Crippen molar-refractivity contribution in [3.63, 3.8) is 0 Å². The van der Waals surface area contributed by atoms with Gasteiger partial charge in [0.25, 0.3) is 0 Å². The largest absolute Gasteiger partial charge is 0.494 e. The van der Waals surface area contributed by atoms with Gasteiger partial charge >= 0.3 is 5.97 Å². The quantitative estimate of drug-likeness (QED) is 0.224. The van der Waals surface area contributed by atoms with Crippen molar-refractivity contribution in [2.24, 2.45) is 0 Å². The summed E-state index contributed by atoms with van der Waals surface area (Å²) in [6.07, 6.45) is 7.07. The fourth-order valence-electron chi connectivity index (χ4n) is 5.12. The smallest absolute Gasteiger partial charge is 0.333 e. The number of hydrogen-bond donors (Lipinski definition) is 1. The summed E-state index contributed by atoms with van der Waals surface area (Å²) in [4.78, 5) is 11.6. The number of benzene rings is 3. The van der Waals surface area contributed by atoms with E-state index in [1.165, 1.54) is 22.3 Å². The Hall–Kier alpha value is -3.11. The molecule has 0 fully saturated rings. The molecular formula is C32H38O4. The lowest BCUT2D eigenvalue weighted by molar-refractivity contribution is -0.150. The lowest BCUT2D eigenvalue weighted by Crippen LogP contribution is -2.26. The fraction of sp³-hybridized carbons (Fsp3) is 0.406. The third-order valence-electron chi connectivity index (χ3n) is 7.06. The second-order valence-corrected chi connectivity index (χ2v) is 9.68. The lowest BCUT2D eigenvalue weighted by Gasteiger charge is -2.15. The maximum atomic E-state index is 11.6. The monoisotopic (exact) mass is 486 g/mol. The van der Waals surface area contributed by atoms with Crippen molar-refractivity contribution in [3.8, 4) is 16.9 Å². The van der Waals surface area contributed by atoms with Crippen LogP contribution in [0.2, 0.25) is 0 Å². The number of rotatable bonds is 15. The van der Waals surface area contributed by atoms with Crippen LogP contribution in [0.1, 0.15) is 74.5 Å². The van der Waals surface area contributed by atoms with Gasteiger partial charge in [-0.05, 0) is 65.6 Å². The number of ether oxygens (including phenoxy) is 2. The minimum Gasteiger partial charge on any atom is -0.494 e. The fourth-order valence-corrected chi connectivity index (χ4v) is 5.12. The number of hydrogen-bond acceptors (Lipinski definition) is 3. The van der Waals surface area contributed by atoms with Gasteiger partial charge in [0.2, 0.25) is 0 Å². The van der Waals surface area contributed by atoms with Crippen LogP contribution in [0.3, 0.4) is 0 Å². The summed E-state index contributed by atoms with van der Waals surface area (Å²) in [5, 5.41) is 9.50. The summed E-state index contributed by atoms with van der Waals surface area (Å²) >= 11 is 0. The number of carbonyl (C=O) groups is 1. The van der Waals surface area contributed by atoms with Crippen LogP contribution in [0.4, 0.5) is 0 Å². The van der Waals surface area contributed by atoms with Gasteiger partial charge in [0.1, 0.15) is 5.75 Å². The minimum atomic E-state index is -0.904. The van der Waals surface area contributed by atoms with Crippen molar-refractivity contribution in [3.05, 3.63) is 89.5 Å². The van der Waals surface area contributed by atoms with E-state index < -0.39 is 12.1 Å². The van der Waals surface area contributed by atoms with Crippen molar-refractivity contribution in [1.29, 1.82) is 0 Å². The van der Waals surface area contributed by atoms with Gasteiger partial charge in [0, 0.05) is 18.9 Å². The van der Waals surface area contributed by atoms with Crippen molar-refractivity contribution in [2.45, 2.75) is 70.3 Å². The van der Waals surface area contributed by atoms with Gasteiger partial charge in [0.05, 0.1) is 6.61 Å². The highest BCUT2D eigenvalue weighted by Gasteiger charge is 2.27. The average molecular weight is 487 g/mol. The zero-order chi connectivity index (χ0) is 25.2. The molecule has 36 heavy (non-hydrogen) atoms. The zero-order valence-corrected chi connectivity index (χ0v) is 21.3. The molecule has 3 aromatic carbocycles. The third-order valence-corrected chi connectivity index (χ3v) is 7.06. The Balaban J connectivity index is 1.20. The standard InChI is InChI=1S/C32H38O4/c1-2-3-4-10-22-36-31(32(33)34)23-24-17-19-25(20-18-24)35-21-11-9-16-30-28-14-7-5-12-26(28)27-13-6-8-15-29(27)30/h5-8,12-15,17-20,30-31H,2-4,9-11,16,21-23H2,1H3,(H,33,34). The minimum absolute atomic E-state index is 0.369. The summed E-state index contributed by atoms with van der Waals surface area (Å²) in [6, 6.07) is 25.3. The van der Waals surface area contributed by atoms with Crippen LogP contribution in [0.5, 0.6) is 5.75 Å². The van der Waals surface area contributed by atoms with Crippen LogP contribution in [0, 0.1) is 0 Å². The van der Waals surface area contributed by atoms with Gasteiger partial charge in [0.15, 0.2) is 6.10 Å². The van der Waals surface area contributed by atoms with Crippen LogP contribution in [0.25, 0.3) is 11.1 Å². The molecule has 0 bridgehead atoms. The van der Waals surface area contributed by atoms with Crippen LogP contribution in [-0.4, -0.2) is 30.4 Å². The molecule has 0 radical (unpaired) electrons. The SMILES string of the molecule is CCCCCCOC(Cc1ccc(OCCCCC2c3ccccc3-c3ccccc32)cc1)C(=O)O. The number of unbranched alkanes of at least 4 members (excludes halogenated alkanes) is 4. The van der Waals surface area contributed by atoms with E-state index in [0.29, 0.717) is 25.6 Å². The van der Waals surface area contributed by atoms with Crippen LogP contribution < -0.4 is 4.74 Å². The molecule has 1 atom stereocenters. The van der Waals surface area contributed by atoms with E-state index in [9.17, 15) is 9.90 Å². The predicted molar refractivity (Wildman–Crippen MR) is 145 cm³/mol. The molecule has 0 spiro atoms. The van der Waals surface area contributed by atoms with E-state index in [1.54, 1.807) is 0 Å². The third kappa shape index (κ3) is 6.76. The predicted octanol–water partition coefficient (Wildman–Crippen LogP) is 7.64. The molecule has 0 aromatic heterocycles. The average Bonchev–Trinajstić information content (AvgIpc) is 3.22. The van der Waals surface area contributed by atoms with Gasteiger partial charge in [-0.15, -0.1) is 0 Å². The van der Waals surface area contributed by atoms with Gasteiger partial charge in [-0.3, -0.25) is 0 Å². The summed E-state index contributed by atoms with van der Waals surface area (Å²) in [5.74, 6) is 0.383. The zero-order valence-electron chi connectivity index (χ0n) is 21.3. The van der Waals surface area contributed by atoms with Crippen LogP contribution in [0.15, 0.2) is 72.8 Å². The van der Waals surface area contributed by atoms with E-state index in [-0.39, 0.29) is 0 Å². The van der Waals surface area contributed by atoms with Crippen molar-refractivity contribution in [2.75, 3.05) is 13.2 Å². The molecule has 0 amide bonds. The summed E-state index contributed by atoms with van der Waals surface area (Å²) in [7, 11) is 0. The second-order valence-electron chi connectivity index (χ2n) is 9.68. The number of fused-ring (bicyclic) bond motifs is 3. The molecule has 1 aliphatic carbocycles. The van der Waals surface area contributed by atoms with Gasteiger partial charge in [-0.2, -0.15) is 0 Å². The maximum absolute atomic E-state index is 11.6. The number of carboxylic acid groups (broad SMARTS) is 1. The first kappa shape index (κ1) is 26.0. The summed E-state index contributed by atoms with van der Waals surface area (Å²) < 4.78 is 11.6. The molecule has 0 heterocycles. The van der Waals surface area contributed by atoms with Crippen LogP contribution >= 0.6 is 0 Å². The highest BCUT2D eigenvalue weighted by atomic mass is 16.5. The molecule has 1 N–H and O–H groups in total. The Morgan fingerprint density at radius 2 is 1.44 bits per heavy atom. The molecule has 0 saturated heterocycles. The molecule has 0 aliphatic heterocycles. The maximum Gasteiger partial charge on any atom is 0.333 e. The van der Waals surface area contributed by atoms with E-state index >= 15 is 0 Å². The van der Waals surface area contributed by atoms with Crippen molar-refractivity contribution < 1.29 is 19.4 Å².